The number of carbonyl (C=O) groups is 1. The fourth-order valence-corrected chi connectivity index (χ4v) is 4.69. The largest absolute Gasteiger partial charge is 0.342 e. The molecule has 1 aromatic heterocycles. The van der Waals surface area contributed by atoms with Crippen LogP contribution in [0, 0.1) is 5.92 Å². The van der Waals surface area contributed by atoms with Gasteiger partial charge in [0.25, 0.3) is 0 Å². The van der Waals surface area contributed by atoms with Gasteiger partial charge in [-0.25, -0.2) is 9.97 Å². The fourth-order valence-electron chi connectivity index (χ4n) is 4.69. The Hall–Kier alpha value is -2.95. The minimum atomic E-state index is 0.343. The molecule has 2 aliphatic heterocycles. The van der Waals surface area contributed by atoms with Crippen LogP contribution in [0.2, 0.25) is 0 Å². The van der Waals surface area contributed by atoms with E-state index in [9.17, 15) is 4.79 Å². The number of rotatable bonds is 4. The zero-order valence-electron chi connectivity index (χ0n) is 17.3. The summed E-state index contributed by atoms with van der Waals surface area (Å²) in [4.78, 5) is 25.9. The van der Waals surface area contributed by atoms with E-state index in [0.29, 0.717) is 11.8 Å². The third-order valence-electron chi connectivity index (χ3n) is 6.49. The minimum absolute atomic E-state index is 0.343. The molecule has 154 valence electrons. The Morgan fingerprint density at radius 3 is 2.60 bits per heavy atom. The van der Waals surface area contributed by atoms with Gasteiger partial charge in [0.2, 0.25) is 11.9 Å². The molecule has 0 aliphatic carbocycles. The molecule has 0 N–H and O–H groups in total. The fraction of sp³-hybridized carbons (Fsp3) is 0.400. The van der Waals surface area contributed by atoms with Crippen LogP contribution in [-0.2, 0) is 4.79 Å². The van der Waals surface area contributed by atoms with Gasteiger partial charge < -0.3 is 9.80 Å². The second-order valence-electron chi connectivity index (χ2n) is 8.53. The normalized spacial score (nSPS) is 18.2. The smallest absolute Gasteiger partial charge is 0.225 e. The predicted octanol–water partition coefficient (Wildman–Crippen LogP) is 4.53. The lowest BCUT2D eigenvalue weighted by molar-refractivity contribution is -0.134. The van der Waals surface area contributed by atoms with Gasteiger partial charge in [0, 0.05) is 44.4 Å². The molecule has 2 aromatic carbocycles. The maximum atomic E-state index is 12.1. The summed E-state index contributed by atoms with van der Waals surface area (Å²) in [5.41, 5.74) is 2.09. The summed E-state index contributed by atoms with van der Waals surface area (Å²) < 4.78 is 0. The van der Waals surface area contributed by atoms with Crippen molar-refractivity contribution in [2.75, 3.05) is 31.1 Å². The minimum Gasteiger partial charge on any atom is -0.342 e. The summed E-state index contributed by atoms with van der Waals surface area (Å²) in [6.07, 6.45) is 6.99. The molecule has 5 rings (SSSR count). The summed E-state index contributed by atoms with van der Waals surface area (Å²) in [6.45, 7) is 3.77. The average Bonchev–Trinajstić information content (AvgIpc) is 2.81. The van der Waals surface area contributed by atoms with Crippen molar-refractivity contribution in [3.8, 4) is 11.3 Å². The van der Waals surface area contributed by atoms with Gasteiger partial charge in [-0.3, -0.25) is 4.79 Å². The lowest BCUT2D eigenvalue weighted by Gasteiger charge is -2.36. The van der Waals surface area contributed by atoms with Gasteiger partial charge in [0.05, 0.1) is 5.69 Å². The van der Waals surface area contributed by atoms with Crippen LogP contribution in [0.4, 0.5) is 5.95 Å². The molecule has 3 aromatic rings. The lowest BCUT2D eigenvalue weighted by Crippen LogP contribution is -2.43. The molecule has 2 aliphatic rings. The Bertz CT molecular complexity index is 1040. The molecule has 0 atom stereocenters. The van der Waals surface area contributed by atoms with Gasteiger partial charge in [-0.1, -0.05) is 36.4 Å². The summed E-state index contributed by atoms with van der Waals surface area (Å²) in [7, 11) is 0. The molecule has 30 heavy (non-hydrogen) atoms. The molecular weight excluding hydrogens is 372 g/mol. The SMILES string of the molecule is O=C1CCCCN1CC1CCN(c2nccc(-c3ccc4ccccc4c3)n2)CC1. The molecule has 2 saturated heterocycles. The zero-order valence-corrected chi connectivity index (χ0v) is 17.3. The first-order valence-corrected chi connectivity index (χ1v) is 11.1. The van der Waals surface area contributed by atoms with Gasteiger partial charge in [-0.15, -0.1) is 0 Å². The number of fused-ring (bicyclic) bond motifs is 1. The number of nitrogens with zero attached hydrogens (tertiary/aromatic N) is 4. The van der Waals surface area contributed by atoms with E-state index in [1.54, 1.807) is 0 Å². The Morgan fingerprint density at radius 1 is 0.933 bits per heavy atom. The molecule has 0 radical (unpaired) electrons. The van der Waals surface area contributed by atoms with Crippen LogP contribution in [0.5, 0.6) is 0 Å². The second-order valence-corrected chi connectivity index (χ2v) is 8.53. The first kappa shape index (κ1) is 19.0. The van der Waals surface area contributed by atoms with E-state index in [4.69, 9.17) is 4.98 Å². The standard InChI is InChI=1S/C25H28N4O/c30-24-7-3-4-14-29(24)18-19-11-15-28(16-12-19)25-26-13-10-23(27-25)22-9-8-20-5-1-2-6-21(20)17-22/h1-2,5-6,8-10,13,17,19H,3-4,7,11-12,14-16,18H2. The Kier molecular flexibility index (Phi) is 5.35. The number of anilines is 1. The van der Waals surface area contributed by atoms with Gasteiger partial charge in [0.1, 0.15) is 0 Å². The van der Waals surface area contributed by atoms with Gasteiger partial charge in [-0.05, 0) is 54.5 Å². The zero-order chi connectivity index (χ0) is 20.3. The topological polar surface area (TPSA) is 49.3 Å². The highest BCUT2D eigenvalue weighted by molar-refractivity contribution is 5.86. The maximum absolute atomic E-state index is 12.1. The summed E-state index contributed by atoms with van der Waals surface area (Å²) in [5.74, 6) is 1.75. The number of hydrogen-bond acceptors (Lipinski definition) is 4. The molecule has 2 fully saturated rings. The van der Waals surface area contributed by atoms with Crippen molar-refractivity contribution in [2.24, 2.45) is 5.92 Å². The molecule has 0 saturated carbocycles. The van der Waals surface area contributed by atoms with Crippen LogP contribution in [0.15, 0.2) is 54.7 Å². The van der Waals surface area contributed by atoms with E-state index < -0.39 is 0 Å². The number of aromatic nitrogens is 2. The third kappa shape index (κ3) is 4.02. The second kappa shape index (κ2) is 8.42. The Labute approximate surface area is 177 Å². The van der Waals surface area contributed by atoms with E-state index in [1.807, 2.05) is 12.3 Å². The molecule has 1 amide bonds. The predicted molar refractivity (Wildman–Crippen MR) is 120 cm³/mol. The number of carbonyl (C=O) groups excluding carboxylic acids is 1. The van der Waals surface area contributed by atoms with Crippen molar-refractivity contribution >= 4 is 22.6 Å². The number of likely N-dealkylation sites (tertiary alicyclic amines) is 1. The van der Waals surface area contributed by atoms with Crippen molar-refractivity contribution < 1.29 is 4.79 Å². The monoisotopic (exact) mass is 400 g/mol. The number of piperidine rings is 2. The van der Waals surface area contributed by atoms with Gasteiger partial charge >= 0.3 is 0 Å². The Balaban J connectivity index is 1.26. The summed E-state index contributed by atoms with van der Waals surface area (Å²) in [5, 5.41) is 2.47. The molecule has 0 unspecified atom stereocenters. The van der Waals surface area contributed by atoms with Crippen LogP contribution >= 0.6 is 0 Å². The van der Waals surface area contributed by atoms with E-state index in [0.717, 1.165) is 75.5 Å². The number of amides is 1. The van der Waals surface area contributed by atoms with Crippen LogP contribution in [0.25, 0.3) is 22.0 Å². The van der Waals surface area contributed by atoms with Crippen molar-refractivity contribution in [2.45, 2.75) is 32.1 Å². The van der Waals surface area contributed by atoms with Gasteiger partial charge in [-0.2, -0.15) is 0 Å². The highest BCUT2D eigenvalue weighted by atomic mass is 16.2. The summed E-state index contributed by atoms with van der Waals surface area (Å²) >= 11 is 0. The molecule has 0 bridgehead atoms. The van der Waals surface area contributed by atoms with Crippen LogP contribution in [0.1, 0.15) is 32.1 Å². The number of hydrogen-bond donors (Lipinski definition) is 0. The highest BCUT2D eigenvalue weighted by Gasteiger charge is 2.26. The molecule has 0 spiro atoms. The van der Waals surface area contributed by atoms with Crippen LogP contribution in [-0.4, -0.2) is 47.0 Å². The quantitative estimate of drug-likeness (QED) is 0.646. The highest BCUT2D eigenvalue weighted by Crippen LogP contribution is 2.26. The Morgan fingerprint density at radius 2 is 1.77 bits per heavy atom. The van der Waals surface area contributed by atoms with Crippen molar-refractivity contribution in [3.05, 3.63) is 54.7 Å². The van der Waals surface area contributed by atoms with E-state index >= 15 is 0 Å². The third-order valence-corrected chi connectivity index (χ3v) is 6.49. The van der Waals surface area contributed by atoms with Gasteiger partial charge in [0.15, 0.2) is 0 Å². The van der Waals surface area contributed by atoms with Crippen LogP contribution in [0.3, 0.4) is 0 Å². The molecule has 5 heteroatoms. The van der Waals surface area contributed by atoms with Crippen LogP contribution < -0.4 is 4.90 Å². The van der Waals surface area contributed by atoms with Crippen molar-refractivity contribution in [1.29, 1.82) is 0 Å². The van der Waals surface area contributed by atoms with Crippen molar-refractivity contribution in [3.63, 3.8) is 0 Å². The lowest BCUT2D eigenvalue weighted by atomic mass is 9.95. The van der Waals surface area contributed by atoms with E-state index in [-0.39, 0.29) is 0 Å². The maximum Gasteiger partial charge on any atom is 0.225 e. The molecule has 3 heterocycles. The average molecular weight is 401 g/mol. The molecule has 5 nitrogen and oxygen atoms in total. The number of benzene rings is 2. The summed E-state index contributed by atoms with van der Waals surface area (Å²) in [6, 6.07) is 16.9. The van der Waals surface area contributed by atoms with E-state index in [1.165, 1.54) is 10.8 Å². The van der Waals surface area contributed by atoms with E-state index in [2.05, 4.69) is 57.2 Å². The first-order chi connectivity index (χ1) is 14.8. The first-order valence-electron chi connectivity index (χ1n) is 11.1. The molecular formula is C25H28N4O. The van der Waals surface area contributed by atoms with Crippen molar-refractivity contribution in [1.82, 2.24) is 14.9 Å².